The highest BCUT2D eigenvalue weighted by Crippen LogP contribution is 2.16. The van der Waals surface area contributed by atoms with Gasteiger partial charge >= 0.3 is 0 Å². The molecule has 0 saturated heterocycles. The quantitative estimate of drug-likeness (QED) is 0.740. The molecule has 0 aliphatic carbocycles. The summed E-state index contributed by atoms with van der Waals surface area (Å²) in [5.41, 5.74) is 1.18. The Morgan fingerprint density at radius 1 is 1.27 bits per heavy atom. The van der Waals surface area contributed by atoms with E-state index in [4.69, 9.17) is 0 Å². The van der Waals surface area contributed by atoms with Crippen LogP contribution in [0.15, 0.2) is 24.4 Å². The third-order valence-electron chi connectivity index (χ3n) is 2.53. The fraction of sp³-hybridized carbons (Fsp3) is 0.615. The van der Waals surface area contributed by atoms with Crippen LogP contribution in [0.25, 0.3) is 0 Å². The zero-order valence-electron chi connectivity index (χ0n) is 9.87. The molecule has 15 heavy (non-hydrogen) atoms. The number of nitrogens with one attached hydrogen (secondary N) is 1. The second kappa shape index (κ2) is 7.41. The van der Waals surface area contributed by atoms with Crippen molar-refractivity contribution in [2.45, 2.75) is 45.6 Å². The minimum Gasteiger partial charge on any atom is -0.309 e. The molecule has 1 unspecified atom stereocenters. The molecule has 1 rings (SSSR count). The van der Waals surface area contributed by atoms with Crippen LogP contribution in [0.2, 0.25) is 0 Å². The van der Waals surface area contributed by atoms with Crippen LogP contribution in [-0.2, 0) is 0 Å². The molecule has 0 spiro atoms. The van der Waals surface area contributed by atoms with Crippen molar-refractivity contribution in [1.29, 1.82) is 0 Å². The van der Waals surface area contributed by atoms with E-state index in [1.165, 1.54) is 31.4 Å². The highest BCUT2D eigenvalue weighted by molar-refractivity contribution is 5.08. The van der Waals surface area contributed by atoms with E-state index in [0.717, 1.165) is 6.54 Å². The molecule has 1 aromatic rings. The third kappa shape index (κ3) is 4.43. The number of aromatic nitrogens is 1. The Balaban J connectivity index is 2.55. The predicted octanol–water partition coefficient (Wildman–Crippen LogP) is 3.31. The van der Waals surface area contributed by atoms with Gasteiger partial charge < -0.3 is 5.32 Å². The molecule has 0 aromatic carbocycles. The van der Waals surface area contributed by atoms with Gasteiger partial charge in [0, 0.05) is 12.2 Å². The number of hydrogen-bond donors (Lipinski definition) is 1. The Hall–Kier alpha value is -0.890. The van der Waals surface area contributed by atoms with Gasteiger partial charge in [-0.1, -0.05) is 32.8 Å². The Kier molecular flexibility index (Phi) is 6.02. The van der Waals surface area contributed by atoms with Gasteiger partial charge in [-0.2, -0.15) is 0 Å². The van der Waals surface area contributed by atoms with Gasteiger partial charge in [0.2, 0.25) is 0 Å². The summed E-state index contributed by atoms with van der Waals surface area (Å²) in [6, 6.07) is 6.59. The normalized spacial score (nSPS) is 12.7. The zero-order valence-corrected chi connectivity index (χ0v) is 9.87. The van der Waals surface area contributed by atoms with Crippen molar-refractivity contribution in [3.8, 4) is 0 Å². The molecule has 1 N–H and O–H groups in total. The average Bonchev–Trinajstić information content (AvgIpc) is 2.30. The predicted molar refractivity (Wildman–Crippen MR) is 64.8 cm³/mol. The lowest BCUT2D eigenvalue weighted by Gasteiger charge is -2.17. The molecular formula is C13H22N2. The molecule has 0 amide bonds. The van der Waals surface area contributed by atoms with Crippen LogP contribution < -0.4 is 5.32 Å². The van der Waals surface area contributed by atoms with Crippen LogP contribution >= 0.6 is 0 Å². The lowest BCUT2D eigenvalue weighted by atomic mass is 10.1. The number of rotatable bonds is 7. The molecule has 0 aliphatic rings. The number of nitrogens with zero attached hydrogens (tertiary/aromatic N) is 1. The summed E-state index contributed by atoms with van der Waals surface area (Å²) >= 11 is 0. The fourth-order valence-electron chi connectivity index (χ4n) is 1.66. The largest absolute Gasteiger partial charge is 0.309 e. The van der Waals surface area contributed by atoms with Gasteiger partial charge in [-0.25, -0.2) is 0 Å². The fourth-order valence-corrected chi connectivity index (χ4v) is 1.66. The van der Waals surface area contributed by atoms with Gasteiger partial charge in [0.15, 0.2) is 0 Å². The van der Waals surface area contributed by atoms with Crippen LogP contribution in [0.1, 0.15) is 51.3 Å². The van der Waals surface area contributed by atoms with E-state index in [1.807, 2.05) is 12.3 Å². The van der Waals surface area contributed by atoms with E-state index in [1.54, 1.807) is 0 Å². The van der Waals surface area contributed by atoms with Crippen LogP contribution in [0.4, 0.5) is 0 Å². The summed E-state index contributed by atoms with van der Waals surface area (Å²) in [6.45, 7) is 5.50. The maximum atomic E-state index is 4.42. The number of hydrogen-bond acceptors (Lipinski definition) is 2. The van der Waals surface area contributed by atoms with Gasteiger partial charge in [-0.05, 0) is 31.5 Å². The molecule has 0 bridgehead atoms. The molecule has 0 aliphatic heterocycles. The molecule has 1 atom stereocenters. The van der Waals surface area contributed by atoms with Crippen molar-refractivity contribution >= 4 is 0 Å². The van der Waals surface area contributed by atoms with Gasteiger partial charge in [0.25, 0.3) is 0 Å². The second-order valence-corrected chi connectivity index (χ2v) is 3.90. The van der Waals surface area contributed by atoms with Crippen molar-refractivity contribution in [1.82, 2.24) is 10.3 Å². The first kappa shape index (κ1) is 12.2. The number of pyridine rings is 1. The standard InChI is InChI=1S/C13H22N2/c1-3-5-8-12(14-10-4-2)13-9-6-7-11-15-13/h6-7,9,11-12,14H,3-5,8,10H2,1-2H3. The van der Waals surface area contributed by atoms with Gasteiger partial charge in [-0.3, -0.25) is 4.98 Å². The average molecular weight is 206 g/mol. The molecule has 1 heterocycles. The molecule has 0 saturated carbocycles. The Labute approximate surface area is 93.1 Å². The number of unbranched alkanes of at least 4 members (excludes halogenated alkanes) is 1. The Bertz CT molecular complexity index is 238. The van der Waals surface area contributed by atoms with Crippen molar-refractivity contribution < 1.29 is 0 Å². The van der Waals surface area contributed by atoms with Gasteiger partial charge in [-0.15, -0.1) is 0 Å². The summed E-state index contributed by atoms with van der Waals surface area (Å²) in [7, 11) is 0. The second-order valence-electron chi connectivity index (χ2n) is 3.90. The summed E-state index contributed by atoms with van der Waals surface area (Å²) < 4.78 is 0. The molecule has 2 heteroatoms. The highest BCUT2D eigenvalue weighted by atomic mass is 14.9. The minimum absolute atomic E-state index is 0.436. The van der Waals surface area contributed by atoms with Gasteiger partial charge in [0.1, 0.15) is 0 Å². The third-order valence-corrected chi connectivity index (χ3v) is 2.53. The van der Waals surface area contributed by atoms with E-state index >= 15 is 0 Å². The summed E-state index contributed by atoms with van der Waals surface area (Å²) in [5.74, 6) is 0. The summed E-state index contributed by atoms with van der Waals surface area (Å²) in [5, 5.41) is 3.56. The molecular weight excluding hydrogens is 184 g/mol. The highest BCUT2D eigenvalue weighted by Gasteiger charge is 2.10. The van der Waals surface area contributed by atoms with Crippen molar-refractivity contribution in [2.75, 3.05) is 6.54 Å². The van der Waals surface area contributed by atoms with Gasteiger partial charge in [0.05, 0.1) is 5.69 Å². The molecule has 84 valence electrons. The first-order chi connectivity index (χ1) is 7.38. The summed E-state index contributed by atoms with van der Waals surface area (Å²) in [6.07, 6.45) is 6.75. The van der Waals surface area contributed by atoms with E-state index in [9.17, 15) is 0 Å². The SMILES string of the molecule is CCCCC(NCCC)c1ccccn1. The first-order valence-corrected chi connectivity index (χ1v) is 6.02. The van der Waals surface area contributed by atoms with E-state index in [2.05, 4.69) is 36.3 Å². The Morgan fingerprint density at radius 3 is 2.73 bits per heavy atom. The summed E-state index contributed by atoms with van der Waals surface area (Å²) in [4.78, 5) is 4.42. The van der Waals surface area contributed by atoms with Crippen LogP contribution in [0.3, 0.4) is 0 Å². The Morgan fingerprint density at radius 2 is 2.13 bits per heavy atom. The minimum atomic E-state index is 0.436. The van der Waals surface area contributed by atoms with E-state index < -0.39 is 0 Å². The topological polar surface area (TPSA) is 24.9 Å². The molecule has 2 nitrogen and oxygen atoms in total. The lowest BCUT2D eigenvalue weighted by molar-refractivity contribution is 0.472. The van der Waals surface area contributed by atoms with Crippen molar-refractivity contribution in [3.05, 3.63) is 30.1 Å². The smallest absolute Gasteiger partial charge is 0.0573 e. The molecule has 0 fully saturated rings. The monoisotopic (exact) mass is 206 g/mol. The maximum absolute atomic E-state index is 4.42. The van der Waals surface area contributed by atoms with Crippen LogP contribution in [-0.4, -0.2) is 11.5 Å². The van der Waals surface area contributed by atoms with E-state index in [0.29, 0.717) is 6.04 Å². The first-order valence-electron chi connectivity index (χ1n) is 6.02. The lowest BCUT2D eigenvalue weighted by Crippen LogP contribution is -2.22. The molecule has 0 radical (unpaired) electrons. The molecule has 1 aromatic heterocycles. The van der Waals surface area contributed by atoms with Crippen LogP contribution in [0, 0.1) is 0 Å². The van der Waals surface area contributed by atoms with Crippen molar-refractivity contribution in [2.24, 2.45) is 0 Å². The zero-order chi connectivity index (χ0) is 10.9. The van der Waals surface area contributed by atoms with Crippen molar-refractivity contribution in [3.63, 3.8) is 0 Å². The maximum Gasteiger partial charge on any atom is 0.0573 e. The van der Waals surface area contributed by atoms with E-state index in [-0.39, 0.29) is 0 Å². The van der Waals surface area contributed by atoms with Crippen LogP contribution in [0.5, 0.6) is 0 Å².